The van der Waals surface area contributed by atoms with Crippen LogP contribution in [0.3, 0.4) is 0 Å². The van der Waals surface area contributed by atoms with Gasteiger partial charge in [-0.1, -0.05) is 0 Å². The number of urea groups is 1. The number of amides is 3. The standard InChI is InChI=1S/C22H39N5O5S/c1-21(2,30)9-10-26-18-6-5-16(33(31,32)24-22(3)7-8-22)11-17(18)19(28)27(20(26)29)14-15-12-23-25(4)13-15/h15-18,23-24,30H,5-14H2,1-4H3. The number of hydrazine groups is 1. The van der Waals surface area contributed by atoms with Crippen molar-refractivity contribution in [2.24, 2.45) is 11.8 Å². The number of nitrogens with zero attached hydrogens (tertiary/aromatic N) is 3. The van der Waals surface area contributed by atoms with Crippen molar-refractivity contribution in [2.45, 2.75) is 81.7 Å². The molecule has 2 aliphatic heterocycles. The Labute approximate surface area is 197 Å². The molecule has 4 fully saturated rings. The Balaban J connectivity index is 1.54. The van der Waals surface area contributed by atoms with Gasteiger partial charge in [0.05, 0.1) is 16.8 Å². The predicted molar refractivity (Wildman–Crippen MR) is 123 cm³/mol. The summed E-state index contributed by atoms with van der Waals surface area (Å²) in [7, 11) is -1.62. The van der Waals surface area contributed by atoms with Crippen molar-refractivity contribution in [1.82, 2.24) is 25.0 Å². The van der Waals surface area contributed by atoms with E-state index < -0.39 is 26.8 Å². The molecule has 3 N–H and O–H groups in total. The predicted octanol–water partition coefficient (Wildman–Crippen LogP) is 0.487. The third-order valence-corrected chi connectivity index (χ3v) is 9.72. The van der Waals surface area contributed by atoms with Gasteiger partial charge in [0.25, 0.3) is 0 Å². The maximum atomic E-state index is 13.5. The van der Waals surface area contributed by atoms with Crippen LogP contribution in [0.5, 0.6) is 0 Å². The summed E-state index contributed by atoms with van der Waals surface area (Å²) in [6.07, 6.45) is 3.17. The van der Waals surface area contributed by atoms with Crippen LogP contribution >= 0.6 is 0 Å². The Kier molecular flexibility index (Phi) is 6.58. The van der Waals surface area contributed by atoms with Crippen LogP contribution in [-0.4, -0.2) is 95.9 Å². The number of fused-ring (bicyclic) bond motifs is 1. The first kappa shape index (κ1) is 24.8. The van der Waals surface area contributed by atoms with E-state index in [9.17, 15) is 23.1 Å². The van der Waals surface area contributed by atoms with E-state index in [1.165, 1.54) is 4.90 Å². The maximum Gasteiger partial charge on any atom is 0.326 e. The molecule has 0 aromatic rings. The van der Waals surface area contributed by atoms with E-state index in [1.807, 2.05) is 19.0 Å². The Hall–Kier alpha value is -1.27. The monoisotopic (exact) mass is 485 g/mol. The zero-order valence-electron chi connectivity index (χ0n) is 20.2. The maximum absolute atomic E-state index is 13.5. The molecule has 2 aliphatic carbocycles. The van der Waals surface area contributed by atoms with Gasteiger partial charge in [-0.15, -0.1) is 0 Å². The molecule has 0 aromatic carbocycles. The van der Waals surface area contributed by atoms with Gasteiger partial charge in [0, 0.05) is 50.7 Å². The summed E-state index contributed by atoms with van der Waals surface area (Å²) in [6.45, 7) is 7.38. The van der Waals surface area contributed by atoms with Gasteiger partial charge in [0.15, 0.2) is 0 Å². The van der Waals surface area contributed by atoms with Crippen LogP contribution in [0.25, 0.3) is 0 Å². The van der Waals surface area contributed by atoms with Gasteiger partial charge in [-0.25, -0.2) is 22.9 Å². The van der Waals surface area contributed by atoms with E-state index in [-0.39, 0.29) is 35.9 Å². The fourth-order valence-electron chi connectivity index (χ4n) is 5.35. The summed E-state index contributed by atoms with van der Waals surface area (Å²) < 4.78 is 29.0. The quantitative estimate of drug-likeness (QED) is 0.457. The van der Waals surface area contributed by atoms with Crippen molar-refractivity contribution in [3.63, 3.8) is 0 Å². The van der Waals surface area contributed by atoms with Crippen molar-refractivity contribution in [2.75, 3.05) is 33.2 Å². The Morgan fingerprint density at radius 3 is 2.52 bits per heavy atom. The van der Waals surface area contributed by atoms with Gasteiger partial charge >= 0.3 is 6.03 Å². The highest BCUT2D eigenvalue weighted by atomic mass is 32.2. The SMILES string of the molecule is CN1CC(CN2C(=O)C3CC(S(=O)(=O)NC4(C)CC4)CCC3N(CCC(C)(C)O)C2=O)CN1. The van der Waals surface area contributed by atoms with Gasteiger partial charge in [-0.2, -0.15) is 0 Å². The number of carbonyl (C=O) groups is 2. The second kappa shape index (κ2) is 8.75. The van der Waals surface area contributed by atoms with E-state index in [0.717, 1.165) is 19.4 Å². The molecule has 11 heteroatoms. The highest BCUT2D eigenvalue weighted by molar-refractivity contribution is 7.90. The number of hydrogen-bond acceptors (Lipinski definition) is 7. The minimum Gasteiger partial charge on any atom is -0.390 e. The number of aliphatic hydroxyl groups is 1. The topological polar surface area (TPSA) is 122 Å². The zero-order valence-corrected chi connectivity index (χ0v) is 21.0. The number of sulfonamides is 1. The van der Waals surface area contributed by atoms with E-state index >= 15 is 0 Å². The third-order valence-electron chi connectivity index (χ3n) is 7.64. The highest BCUT2D eigenvalue weighted by Crippen LogP contribution is 2.40. The first-order valence-corrected chi connectivity index (χ1v) is 13.6. The number of carbonyl (C=O) groups excluding carboxylic acids is 2. The Morgan fingerprint density at radius 2 is 1.94 bits per heavy atom. The molecule has 0 aromatic heterocycles. The van der Waals surface area contributed by atoms with Crippen LogP contribution in [0.1, 0.15) is 59.3 Å². The van der Waals surface area contributed by atoms with Crippen molar-refractivity contribution in [3.05, 3.63) is 0 Å². The molecule has 0 radical (unpaired) electrons. The van der Waals surface area contributed by atoms with E-state index in [2.05, 4.69) is 10.1 Å². The average molecular weight is 486 g/mol. The van der Waals surface area contributed by atoms with Crippen LogP contribution in [0.2, 0.25) is 0 Å². The summed E-state index contributed by atoms with van der Waals surface area (Å²) in [5.41, 5.74) is 1.91. The largest absolute Gasteiger partial charge is 0.390 e. The van der Waals surface area contributed by atoms with Crippen molar-refractivity contribution >= 4 is 22.0 Å². The molecule has 33 heavy (non-hydrogen) atoms. The summed E-state index contributed by atoms with van der Waals surface area (Å²) >= 11 is 0. The third kappa shape index (κ3) is 5.53. The van der Waals surface area contributed by atoms with Crippen LogP contribution in [-0.2, 0) is 14.8 Å². The first-order valence-electron chi connectivity index (χ1n) is 12.1. The molecule has 0 bridgehead atoms. The molecule has 2 saturated heterocycles. The lowest BCUT2D eigenvalue weighted by molar-refractivity contribution is -0.141. The van der Waals surface area contributed by atoms with Gasteiger partial charge in [0.2, 0.25) is 15.9 Å². The van der Waals surface area contributed by atoms with Gasteiger partial charge < -0.3 is 10.0 Å². The molecule has 0 spiro atoms. The van der Waals surface area contributed by atoms with E-state index in [0.29, 0.717) is 38.9 Å². The molecule has 4 rings (SSSR count). The van der Waals surface area contributed by atoms with Crippen LogP contribution < -0.4 is 10.1 Å². The normalized spacial score (nSPS) is 32.9. The molecule has 4 unspecified atom stereocenters. The molecule has 188 valence electrons. The number of hydrogen-bond donors (Lipinski definition) is 3. The van der Waals surface area contributed by atoms with Gasteiger partial charge in [-0.3, -0.25) is 15.1 Å². The fourth-order valence-corrected chi connectivity index (χ4v) is 7.31. The second-order valence-corrected chi connectivity index (χ2v) is 13.4. The van der Waals surface area contributed by atoms with Crippen LogP contribution in [0.4, 0.5) is 4.79 Å². The second-order valence-electron chi connectivity index (χ2n) is 11.4. The molecule has 4 aliphatic rings. The number of rotatable bonds is 8. The number of nitrogens with one attached hydrogen (secondary N) is 2. The minimum atomic E-state index is -3.55. The van der Waals surface area contributed by atoms with Crippen molar-refractivity contribution < 1.29 is 23.1 Å². The van der Waals surface area contributed by atoms with Crippen molar-refractivity contribution in [1.29, 1.82) is 0 Å². The van der Waals surface area contributed by atoms with Gasteiger partial charge in [0.1, 0.15) is 0 Å². The van der Waals surface area contributed by atoms with Gasteiger partial charge in [-0.05, 0) is 59.3 Å². The lowest BCUT2D eigenvalue weighted by Crippen LogP contribution is -2.65. The molecule has 3 amide bonds. The molecule has 4 atom stereocenters. The first-order chi connectivity index (χ1) is 15.3. The smallest absolute Gasteiger partial charge is 0.326 e. The summed E-state index contributed by atoms with van der Waals surface area (Å²) in [5, 5.41) is 11.6. The van der Waals surface area contributed by atoms with Crippen LogP contribution in [0.15, 0.2) is 0 Å². The summed E-state index contributed by atoms with van der Waals surface area (Å²) in [6, 6.07) is -0.638. The van der Waals surface area contributed by atoms with E-state index in [4.69, 9.17) is 0 Å². The molecule has 2 saturated carbocycles. The molecular weight excluding hydrogens is 446 g/mol. The van der Waals surface area contributed by atoms with E-state index in [1.54, 1.807) is 18.7 Å². The highest BCUT2D eigenvalue weighted by Gasteiger charge is 2.52. The molecular formula is C22H39N5O5S. The summed E-state index contributed by atoms with van der Waals surface area (Å²) in [5.74, 6) is -0.675. The molecule has 10 nitrogen and oxygen atoms in total. The lowest BCUT2D eigenvalue weighted by atomic mass is 9.80. The summed E-state index contributed by atoms with van der Waals surface area (Å²) in [4.78, 5) is 30.0. The zero-order chi connectivity index (χ0) is 24.2. The van der Waals surface area contributed by atoms with Crippen LogP contribution in [0, 0.1) is 11.8 Å². The molecule has 2 heterocycles. The Bertz CT molecular complexity index is 884. The van der Waals surface area contributed by atoms with Crippen molar-refractivity contribution in [3.8, 4) is 0 Å². The number of imide groups is 1. The minimum absolute atomic E-state index is 0.121. The lowest BCUT2D eigenvalue weighted by Gasteiger charge is -2.49. The average Bonchev–Trinajstić information content (AvgIpc) is 3.27. The fraction of sp³-hybridized carbons (Fsp3) is 0.909. The Morgan fingerprint density at radius 1 is 1.24 bits per heavy atom.